The molecule has 6 nitrogen and oxygen atoms in total. The average molecular weight is 434 g/mol. The molecule has 0 bridgehead atoms. The van der Waals surface area contributed by atoms with Gasteiger partial charge < -0.3 is 9.30 Å². The Morgan fingerprint density at radius 2 is 1.97 bits per heavy atom. The van der Waals surface area contributed by atoms with E-state index in [4.69, 9.17) is 4.74 Å². The monoisotopic (exact) mass is 433 g/mol. The van der Waals surface area contributed by atoms with Gasteiger partial charge in [0.1, 0.15) is 0 Å². The maximum atomic E-state index is 12.8. The van der Waals surface area contributed by atoms with Crippen LogP contribution in [-0.2, 0) is 27.7 Å². The van der Waals surface area contributed by atoms with Gasteiger partial charge in [-0.2, -0.15) is 0 Å². The average Bonchev–Trinajstić information content (AvgIpc) is 3.38. The smallest absolute Gasteiger partial charge is 0.228 e. The number of benzene rings is 1. The van der Waals surface area contributed by atoms with E-state index in [-0.39, 0.29) is 23.6 Å². The maximum absolute atomic E-state index is 12.8. The van der Waals surface area contributed by atoms with Crippen molar-refractivity contribution in [3.8, 4) is 0 Å². The quantitative estimate of drug-likeness (QED) is 0.489. The summed E-state index contributed by atoms with van der Waals surface area (Å²) in [5.74, 6) is -0.0871. The highest BCUT2D eigenvalue weighted by atomic mass is 32.2. The number of hydrogen-bond donors (Lipinski definition) is 0. The van der Waals surface area contributed by atoms with Gasteiger partial charge in [0, 0.05) is 24.6 Å². The van der Waals surface area contributed by atoms with Gasteiger partial charge in [0.2, 0.25) is 15.0 Å². The van der Waals surface area contributed by atoms with Crippen LogP contribution in [0.15, 0.2) is 59.2 Å². The normalized spacial score (nSPS) is 13.1. The van der Waals surface area contributed by atoms with Crippen LogP contribution in [0.2, 0.25) is 0 Å². The molecule has 0 fully saturated rings. The molecule has 0 saturated carbocycles. The van der Waals surface area contributed by atoms with Crippen LogP contribution in [0.4, 0.5) is 0 Å². The van der Waals surface area contributed by atoms with Gasteiger partial charge in [0.05, 0.1) is 30.8 Å². The molecule has 3 aromatic rings. The lowest BCUT2D eigenvalue weighted by atomic mass is 10.2. The summed E-state index contributed by atoms with van der Waals surface area (Å²) in [6.07, 6.45) is 1.68. The minimum atomic E-state index is -3.54. The number of rotatable bonds is 10. The molecular formula is C21H27N3O3S2. The van der Waals surface area contributed by atoms with Crippen molar-refractivity contribution in [1.82, 2.24) is 14.5 Å². The first kappa shape index (κ1) is 21.7. The van der Waals surface area contributed by atoms with E-state index in [9.17, 15) is 8.42 Å². The Hall–Kier alpha value is -2.00. The number of methoxy groups -OCH3 is 1. The molecule has 2 aromatic heterocycles. The van der Waals surface area contributed by atoms with E-state index in [0.717, 1.165) is 11.3 Å². The van der Waals surface area contributed by atoms with Gasteiger partial charge in [-0.25, -0.2) is 13.4 Å². The minimum absolute atomic E-state index is 0.0871. The molecule has 0 unspecified atom stereocenters. The van der Waals surface area contributed by atoms with Gasteiger partial charge in [0.15, 0.2) is 0 Å². The summed E-state index contributed by atoms with van der Waals surface area (Å²) >= 11 is 1.72. The number of nitrogens with zero attached hydrogens (tertiary/aromatic N) is 3. The summed E-state index contributed by atoms with van der Waals surface area (Å²) < 4.78 is 32.5. The lowest BCUT2D eigenvalue weighted by Crippen LogP contribution is -2.24. The van der Waals surface area contributed by atoms with Crippen LogP contribution in [0.1, 0.15) is 29.1 Å². The Morgan fingerprint density at radius 1 is 1.21 bits per heavy atom. The van der Waals surface area contributed by atoms with E-state index in [2.05, 4.69) is 28.3 Å². The molecule has 1 aromatic carbocycles. The van der Waals surface area contributed by atoms with Crippen LogP contribution >= 0.6 is 11.3 Å². The molecule has 0 aliphatic carbocycles. The standard InChI is InChI=1S/C21H27N3O3S2/c1-17(20-10-7-12-28-20)23(2)16-19-14-22-21(29(25,26)13-11-27-3)24(19)15-18-8-5-4-6-9-18/h4-10,12,14,17H,11,13,15-16H2,1-3H3/t17-/m1/s1. The third-order valence-electron chi connectivity index (χ3n) is 4.95. The second kappa shape index (κ2) is 9.67. The van der Waals surface area contributed by atoms with E-state index in [0.29, 0.717) is 13.1 Å². The highest BCUT2D eigenvalue weighted by Crippen LogP contribution is 2.26. The topological polar surface area (TPSA) is 64.4 Å². The molecular weight excluding hydrogens is 406 g/mol. The summed E-state index contributed by atoms with van der Waals surface area (Å²) in [4.78, 5) is 7.78. The fraction of sp³-hybridized carbons (Fsp3) is 0.381. The number of hydrogen-bond acceptors (Lipinski definition) is 6. The lowest BCUT2D eigenvalue weighted by Gasteiger charge is -2.24. The van der Waals surface area contributed by atoms with Crippen LogP contribution in [0, 0.1) is 0 Å². The predicted molar refractivity (Wildman–Crippen MR) is 116 cm³/mol. The van der Waals surface area contributed by atoms with Crippen molar-refractivity contribution < 1.29 is 13.2 Å². The van der Waals surface area contributed by atoms with Crippen molar-refractivity contribution in [2.24, 2.45) is 0 Å². The largest absolute Gasteiger partial charge is 0.384 e. The summed E-state index contributed by atoms with van der Waals surface area (Å²) in [7, 11) is 0.00211. The third kappa shape index (κ3) is 5.33. The number of aromatic nitrogens is 2. The van der Waals surface area contributed by atoms with E-state index in [1.165, 1.54) is 12.0 Å². The maximum Gasteiger partial charge on any atom is 0.228 e. The zero-order chi connectivity index (χ0) is 20.9. The number of imidazole rings is 1. The van der Waals surface area contributed by atoms with E-state index < -0.39 is 9.84 Å². The van der Waals surface area contributed by atoms with Crippen molar-refractivity contribution in [1.29, 1.82) is 0 Å². The zero-order valence-electron chi connectivity index (χ0n) is 17.0. The fourth-order valence-corrected chi connectivity index (χ4v) is 5.27. The summed E-state index contributed by atoms with van der Waals surface area (Å²) in [6, 6.07) is 14.2. The molecule has 0 aliphatic rings. The molecule has 2 heterocycles. The highest BCUT2D eigenvalue weighted by molar-refractivity contribution is 7.91. The first-order valence-electron chi connectivity index (χ1n) is 9.46. The highest BCUT2D eigenvalue weighted by Gasteiger charge is 2.24. The molecule has 156 valence electrons. The Bertz CT molecular complexity index is 999. The van der Waals surface area contributed by atoms with Gasteiger partial charge in [-0.05, 0) is 31.0 Å². The first-order valence-corrected chi connectivity index (χ1v) is 12.0. The van der Waals surface area contributed by atoms with Crippen LogP contribution in [-0.4, -0.2) is 49.4 Å². The van der Waals surface area contributed by atoms with Crippen LogP contribution in [0.25, 0.3) is 0 Å². The Balaban J connectivity index is 1.91. The number of ether oxygens (including phenoxy) is 1. The number of sulfone groups is 1. The molecule has 0 amide bonds. The Morgan fingerprint density at radius 3 is 2.62 bits per heavy atom. The molecule has 8 heteroatoms. The van der Waals surface area contributed by atoms with Crippen LogP contribution in [0.3, 0.4) is 0 Å². The molecule has 3 rings (SSSR count). The molecule has 0 aliphatic heterocycles. The molecule has 0 spiro atoms. The SMILES string of the molecule is COCCS(=O)(=O)c1ncc(CN(C)[C@H](C)c2cccs2)n1Cc1ccccc1. The second-order valence-corrected chi connectivity index (χ2v) is 10.0. The zero-order valence-corrected chi connectivity index (χ0v) is 18.6. The molecule has 0 saturated heterocycles. The van der Waals surface area contributed by atoms with Crippen LogP contribution < -0.4 is 0 Å². The predicted octanol–water partition coefficient (Wildman–Crippen LogP) is 3.61. The molecule has 29 heavy (non-hydrogen) atoms. The van der Waals surface area contributed by atoms with Gasteiger partial charge in [-0.15, -0.1) is 11.3 Å². The summed E-state index contributed by atoms with van der Waals surface area (Å²) in [5.41, 5.74) is 1.90. The lowest BCUT2D eigenvalue weighted by molar-refractivity contribution is 0.217. The Labute approximate surface area is 176 Å². The van der Waals surface area contributed by atoms with Gasteiger partial charge in [-0.3, -0.25) is 4.90 Å². The van der Waals surface area contributed by atoms with Crippen molar-refractivity contribution in [2.75, 3.05) is 26.5 Å². The second-order valence-electron chi connectivity index (χ2n) is 7.02. The third-order valence-corrected chi connectivity index (χ3v) is 7.58. The van der Waals surface area contributed by atoms with Gasteiger partial charge in [-0.1, -0.05) is 36.4 Å². The summed E-state index contributed by atoms with van der Waals surface area (Å²) in [6.45, 7) is 3.35. The van der Waals surface area contributed by atoms with Crippen molar-refractivity contribution in [2.45, 2.75) is 31.2 Å². The van der Waals surface area contributed by atoms with Crippen LogP contribution in [0.5, 0.6) is 0 Å². The van der Waals surface area contributed by atoms with Crippen molar-refractivity contribution >= 4 is 21.2 Å². The van der Waals surface area contributed by atoms with Gasteiger partial charge >= 0.3 is 0 Å². The van der Waals surface area contributed by atoms with E-state index >= 15 is 0 Å². The van der Waals surface area contributed by atoms with E-state index in [1.54, 1.807) is 17.5 Å². The molecule has 0 N–H and O–H groups in total. The first-order chi connectivity index (χ1) is 13.9. The number of thiophene rings is 1. The minimum Gasteiger partial charge on any atom is -0.384 e. The van der Waals surface area contributed by atoms with Gasteiger partial charge in [0.25, 0.3) is 0 Å². The fourth-order valence-electron chi connectivity index (χ4n) is 3.12. The van der Waals surface area contributed by atoms with Crippen molar-refractivity contribution in [3.05, 3.63) is 70.2 Å². The summed E-state index contributed by atoms with van der Waals surface area (Å²) in [5, 5.41) is 2.17. The molecule has 0 radical (unpaired) electrons. The van der Waals surface area contributed by atoms with E-state index in [1.807, 2.05) is 48.0 Å². The Kier molecular flexibility index (Phi) is 7.23. The molecule has 1 atom stereocenters. The van der Waals surface area contributed by atoms with Crippen molar-refractivity contribution in [3.63, 3.8) is 0 Å².